The van der Waals surface area contributed by atoms with Crippen LogP contribution in [0.15, 0.2) is 60.7 Å². The Bertz CT molecular complexity index is 1170. The van der Waals surface area contributed by atoms with Crippen molar-refractivity contribution in [3.8, 4) is 0 Å². The number of ether oxygens (including phenoxy) is 2. The molecule has 2 aliphatic heterocycles. The summed E-state index contributed by atoms with van der Waals surface area (Å²) in [6, 6.07) is 16.6. The summed E-state index contributed by atoms with van der Waals surface area (Å²) in [5.41, 5.74) is 7.80. The van der Waals surface area contributed by atoms with Crippen LogP contribution < -0.4 is 11.0 Å². The molecular weight excluding hydrogens is 600 g/mol. The van der Waals surface area contributed by atoms with Gasteiger partial charge in [0.25, 0.3) is 0 Å². The molecule has 0 aliphatic carbocycles. The largest absolute Gasteiger partial charge is 0.465 e. The van der Waals surface area contributed by atoms with Crippen molar-refractivity contribution in [2.24, 2.45) is 0 Å². The third kappa shape index (κ3) is 10.6. The maximum Gasteiger partial charge on any atom is 0.438 e. The number of carbonyl (C=O) groups is 4. The number of esters is 2. The van der Waals surface area contributed by atoms with Crippen molar-refractivity contribution in [3.05, 3.63) is 71.8 Å². The van der Waals surface area contributed by atoms with Gasteiger partial charge in [0.1, 0.15) is 12.1 Å². The molecule has 0 amide bonds. The van der Waals surface area contributed by atoms with Gasteiger partial charge >= 0.3 is 23.9 Å². The highest BCUT2D eigenvalue weighted by molar-refractivity contribution is 6.29. The predicted octanol–water partition coefficient (Wildman–Crippen LogP) is 2.14. The fourth-order valence-electron chi connectivity index (χ4n) is 5.14. The van der Waals surface area contributed by atoms with Crippen LogP contribution in [0.4, 0.5) is 0 Å². The van der Waals surface area contributed by atoms with E-state index in [0.717, 1.165) is 21.3 Å². The molecule has 0 unspecified atom stereocenters. The summed E-state index contributed by atoms with van der Waals surface area (Å²) in [7, 11) is 0. The van der Waals surface area contributed by atoms with Crippen molar-refractivity contribution < 1.29 is 48.0 Å². The first-order chi connectivity index (χ1) is 22.4. The molecule has 0 saturated carbocycles. The van der Waals surface area contributed by atoms with E-state index in [-0.39, 0.29) is 51.2 Å². The average molecular weight is 643 g/mol. The fourth-order valence-corrected chi connectivity index (χ4v) is 5.14. The third-order valence-corrected chi connectivity index (χ3v) is 7.42. The predicted molar refractivity (Wildman–Crippen MR) is 161 cm³/mol. The van der Waals surface area contributed by atoms with Gasteiger partial charge in [-0.3, -0.25) is 19.3 Å². The second kappa shape index (κ2) is 18.3. The number of nitrogens with zero attached hydrogens (tertiary/aromatic N) is 2. The van der Waals surface area contributed by atoms with Crippen molar-refractivity contribution in [3.63, 3.8) is 0 Å². The van der Waals surface area contributed by atoms with E-state index in [1.165, 1.54) is 0 Å². The van der Waals surface area contributed by atoms with Gasteiger partial charge < -0.3 is 19.1 Å². The summed E-state index contributed by atoms with van der Waals surface area (Å²) < 4.78 is 10.3. The standard InChI is InChI=1S/C32H42N4O10/c1-3-41-29(37)27-17-15-25(33-43-21-23-11-7-5-8-12-23)19-35(27)45-31(39)32(40)46-36-20-26(16-18-28(36)30(38)42-4-2)34-44-22-24-13-9-6-10-14-24/h5-14,25-28,33-34H,3-4,15-22H2,1-2H3/t25-,26-,27-,28-/m1/s1. The molecule has 0 radical (unpaired) electrons. The minimum absolute atomic E-state index is 0.0389. The third-order valence-electron chi connectivity index (χ3n) is 7.42. The number of hydrogen-bond donors (Lipinski definition) is 2. The van der Waals surface area contributed by atoms with Crippen molar-refractivity contribution in [2.45, 2.75) is 76.9 Å². The maximum absolute atomic E-state index is 13.0. The summed E-state index contributed by atoms with van der Waals surface area (Å²) >= 11 is 0. The smallest absolute Gasteiger partial charge is 0.438 e. The van der Waals surface area contributed by atoms with Gasteiger partial charge in [0.05, 0.1) is 39.5 Å². The van der Waals surface area contributed by atoms with Crippen molar-refractivity contribution in [2.75, 3.05) is 26.3 Å². The molecule has 2 aromatic rings. The fraction of sp³-hybridized carbons (Fsp3) is 0.500. The van der Waals surface area contributed by atoms with Crippen LogP contribution in [0, 0.1) is 0 Å². The van der Waals surface area contributed by atoms with E-state index in [2.05, 4.69) is 11.0 Å². The summed E-state index contributed by atoms with van der Waals surface area (Å²) in [6.07, 6.45) is 1.60. The Hall–Kier alpha value is -3.92. The van der Waals surface area contributed by atoms with E-state index in [9.17, 15) is 19.2 Å². The lowest BCUT2D eigenvalue weighted by Gasteiger charge is -2.37. The second-order valence-electron chi connectivity index (χ2n) is 10.8. The quantitative estimate of drug-likeness (QED) is 0.176. The Morgan fingerprint density at radius 1 is 0.630 bits per heavy atom. The molecule has 46 heavy (non-hydrogen) atoms. The van der Waals surface area contributed by atoms with Gasteiger partial charge in [-0.1, -0.05) is 60.7 Å². The summed E-state index contributed by atoms with van der Waals surface area (Å²) in [6.45, 7) is 4.29. The summed E-state index contributed by atoms with van der Waals surface area (Å²) in [4.78, 5) is 73.4. The number of benzene rings is 2. The van der Waals surface area contributed by atoms with Gasteiger partial charge in [-0.15, -0.1) is 10.1 Å². The van der Waals surface area contributed by atoms with Gasteiger partial charge in [-0.05, 0) is 50.7 Å². The molecule has 2 aromatic carbocycles. The van der Waals surface area contributed by atoms with Crippen molar-refractivity contribution in [1.29, 1.82) is 0 Å². The van der Waals surface area contributed by atoms with Crippen LogP contribution >= 0.6 is 0 Å². The van der Waals surface area contributed by atoms with Gasteiger partial charge in [0.2, 0.25) is 0 Å². The molecule has 2 aliphatic rings. The molecule has 2 saturated heterocycles. The highest BCUT2D eigenvalue weighted by Gasteiger charge is 2.41. The van der Waals surface area contributed by atoms with E-state index >= 15 is 0 Å². The lowest BCUT2D eigenvalue weighted by atomic mass is 10.0. The molecule has 250 valence electrons. The molecule has 4 rings (SSSR count). The van der Waals surface area contributed by atoms with Gasteiger partial charge in [-0.2, -0.15) is 11.0 Å². The minimum atomic E-state index is -1.36. The molecule has 2 fully saturated rings. The molecule has 0 spiro atoms. The molecule has 2 N–H and O–H groups in total. The van der Waals surface area contributed by atoms with Gasteiger partial charge in [-0.25, -0.2) is 9.59 Å². The minimum Gasteiger partial charge on any atom is -0.465 e. The van der Waals surface area contributed by atoms with E-state index in [1.807, 2.05) is 60.7 Å². The Labute approximate surface area is 268 Å². The maximum atomic E-state index is 13.0. The zero-order valence-electron chi connectivity index (χ0n) is 26.1. The van der Waals surface area contributed by atoms with Crippen LogP contribution in [0.5, 0.6) is 0 Å². The van der Waals surface area contributed by atoms with Crippen LogP contribution in [0.1, 0.15) is 50.7 Å². The lowest BCUT2D eigenvalue weighted by molar-refractivity contribution is -0.241. The number of piperidine rings is 2. The molecule has 14 heteroatoms. The summed E-state index contributed by atoms with van der Waals surface area (Å²) in [5, 5.41) is 2.21. The zero-order chi connectivity index (χ0) is 32.7. The monoisotopic (exact) mass is 642 g/mol. The SMILES string of the molecule is CCOC(=O)[C@H]1CC[C@@H](NOCc2ccccc2)CN1OC(=O)C(=O)ON1C[C@H](NOCc2ccccc2)CC[C@@H]1C(=O)OCC. The first-order valence-electron chi connectivity index (χ1n) is 15.5. The Kier molecular flexibility index (Phi) is 13.9. The topological polar surface area (TPSA) is 154 Å². The van der Waals surface area contributed by atoms with Crippen LogP contribution in [0.2, 0.25) is 0 Å². The number of hydroxylamine groups is 6. The van der Waals surface area contributed by atoms with E-state index in [1.54, 1.807) is 13.8 Å². The molecule has 4 atom stereocenters. The van der Waals surface area contributed by atoms with Crippen LogP contribution in [0.3, 0.4) is 0 Å². The lowest BCUT2D eigenvalue weighted by Crippen LogP contribution is -2.56. The van der Waals surface area contributed by atoms with Crippen LogP contribution in [-0.2, 0) is 61.2 Å². The zero-order valence-corrected chi connectivity index (χ0v) is 26.1. The first kappa shape index (κ1) is 34.9. The molecule has 2 heterocycles. The van der Waals surface area contributed by atoms with Crippen LogP contribution in [-0.4, -0.2) is 84.5 Å². The Morgan fingerprint density at radius 2 is 1.02 bits per heavy atom. The number of nitrogens with one attached hydrogen (secondary N) is 2. The van der Waals surface area contributed by atoms with Crippen molar-refractivity contribution >= 4 is 23.9 Å². The highest BCUT2D eigenvalue weighted by atomic mass is 16.8. The van der Waals surface area contributed by atoms with Crippen LogP contribution in [0.25, 0.3) is 0 Å². The van der Waals surface area contributed by atoms with Gasteiger partial charge in [0.15, 0.2) is 0 Å². The Morgan fingerprint density at radius 3 is 1.39 bits per heavy atom. The number of carbonyl (C=O) groups excluding carboxylic acids is 4. The normalized spacial score (nSPS) is 22.0. The number of hydrogen-bond acceptors (Lipinski definition) is 14. The molecule has 0 aromatic heterocycles. The van der Waals surface area contributed by atoms with E-state index in [4.69, 9.17) is 28.8 Å². The van der Waals surface area contributed by atoms with E-state index < -0.39 is 36.0 Å². The second-order valence-corrected chi connectivity index (χ2v) is 10.8. The highest BCUT2D eigenvalue weighted by Crippen LogP contribution is 2.22. The van der Waals surface area contributed by atoms with Crippen molar-refractivity contribution in [1.82, 2.24) is 21.1 Å². The number of rotatable bonds is 14. The molecular formula is C32H42N4O10. The average Bonchev–Trinajstić information content (AvgIpc) is 3.06. The van der Waals surface area contributed by atoms with Gasteiger partial charge in [0, 0.05) is 12.1 Å². The Balaban J connectivity index is 1.35. The molecule has 14 nitrogen and oxygen atoms in total. The summed E-state index contributed by atoms with van der Waals surface area (Å²) in [5.74, 6) is -3.90. The molecule has 0 bridgehead atoms. The van der Waals surface area contributed by atoms with E-state index in [0.29, 0.717) is 26.1 Å². The first-order valence-corrected chi connectivity index (χ1v) is 15.5.